The van der Waals surface area contributed by atoms with Gasteiger partial charge in [0.25, 0.3) is 0 Å². The molecule has 1 aromatic rings. The summed E-state index contributed by atoms with van der Waals surface area (Å²) >= 11 is 0. The van der Waals surface area contributed by atoms with E-state index in [4.69, 9.17) is 0 Å². The van der Waals surface area contributed by atoms with E-state index in [1.807, 2.05) is 6.07 Å². The van der Waals surface area contributed by atoms with Gasteiger partial charge in [0.1, 0.15) is 0 Å². The number of benzene rings is 1. The molecule has 0 unspecified atom stereocenters. The number of rotatable bonds is 6. The third-order valence-electron chi connectivity index (χ3n) is 4.55. The van der Waals surface area contributed by atoms with E-state index in [2.05, 4.69) is 46.8 Å². The molecule has 0 saturated heterocycles. The first-order valence-electron chi connectivity index (χ1n) is 7.88. The Balaban J connectivity index is 0.00000161. The van der Waals surface area contributed by atoms with Crippen LogP contribution in [0.3, 0.4) is 0 Å². The van der Waals surface area contributed by atoms with Gasteiger partial charge in [-0.05, 0) is 49.5 Å². The summed E-state index contributed by atoms with van der Waals surface area (Å²) in [6.07, 6.45) is 5.70. The Labute approximate surface area is 145 Å². The number of hydrogen-bond donors (Lipinski definition) is 2. The third kappa shape index (κ3) is 4.59. The van der Waals surface area contributed by atoms with Crippen LogP contribution in [0.4, 0.5) is 0 Å². The summed E-state index contributed by atoms with van der Waals surface area (Å²) in [7, 11) is 0. The molecule has 0 atom stereocenters. The molecule has 0 aliphatic heterocycles. The first-order chi connectivity index (χ1) is 9.82. The van der Waals surface area contributed by atoms with Gasteiger partial charge in [-0.2, -0.15) is 0 Å². The molecule has 4 heteroatoms. The molecule has 2 saturated carbocycles. The lowest BCUT2D eigenvalue weighted by Crippen LogP contribution is -2.40. The maximum Gasteiger partial charge on any atom is 0.191 e. The SMILES string of the molecule is CCNC(=NCc1ccccc1)NCC1(C2CC2)CC1.I. The lowest BCUT2D eigenvalue weighted by atomic mass is 10.0. The zero-order valence-electron chi connectivity index (χ0n) is 12.8. The molecule has 3 rings (SSSR count). The molecule has 0 aromatic heterocycles. The number of aliphatic imine (C=N–C) groups is 1. The Bertz CT molecular complexity index is 464. The number of nitrogens with zero attached hydrogens (tertiary/aromatic N) is 1. The molecule has 0 amide bonds. The molecule has 0 radical (unpaired) electrons. The van der Waals surface area contributed by atoms with Gasteiger partial charge >= 0.3 is 0 Å². The fraction of sp³-hybridized carbons (Fsp3) is 0.588. The Morgan fingerprint density at radius 1 is 1.19 bits per heavy atom. The summed E-state index contributed by atoms with van der Waals surface area (Å²) in [5.74, 6) is 1.95. The average molecular weight is 399 g/mol. The van der Waals surface area contributed by atoms with Crippen LogP contribution in [0.25, 0.3) is 0 Å². The number of nitrogens with one attached hydrogen (secondary N) is 2. The van der Waals surface area contributed by atoms with Crippen LogP contribution in [-0.4, -0.2) is 19.0 Å². The van der Waals surface area contributed by atoms with Gasteiger partial charge in [0.05, 0.1) is 6.54 Å². The molecular formula is C17H26IN3. The van der Waals surface area contributed by atoms with Crippen molar-refractivity contribution in [1.82, 2.24) is 10.6 Å². The van der Waals surface area contributed by atoms with Gasteiger partial charge in [-0.1, -0.05) is 30.3 Å². The fourth-order valence-electron chi connectivity index (χ4n) is 2.94. The summed E-state index contributed by atoms with van der Waals surface area (Å²) in [6, 6.07) is 10.4. The maximum atomic E-state index is 4.69. The lowest BCUT2D eigenvalue weighted by Gasteiger charge is -2.18. The second kappa shape index (κ2) is 7.47. The summed E-state index contributed by atoms with van der Waals surface area (Å²) in [5.41, 5.74) is 1.87. The summed E-state index contributed by atoms with van der Waals surface area (Å²) in [6.45, 7) is 4.87. The van der Waals surface area contributed by atoms with Crippen LogP contribution >= 0.6 is 24.0 Å². The topological polar surface area (TPSA) is 36.4 Å². The summed E-state index contributed by atoms with van der Waals surface area (Å²) < 4.78 is 0. The zero-order valence-corrected chi connectivity index (χ0v) is 15.1. The van der Waals surface area contributed by atoms with Crippen molar-refractivity contribution in [1.29, 1.82) is 0 Å². The van der Waals surface area contributed by atoms with Crippen LogP contribution in [0.15, 0.2) is 35.3 Å². The van der Waals surface area contributed by atoms with Crippen molar-refractivity contribution in [2.24, 2.45) is 16.3 Å². The van der Waals surface area contributed by atoms with Crippen molar-refractivity contribution in [3.63, 3.8) is 0 Å². The molecule has 2 N–H and O–H groups in total. The minimum atomic E-state index is 0. The summed E-state index contributed by atoms with van der Waals surface area (Å²) in [5, 5.41) is 6.91. The van der Waals surface area contributed by atoms with Crippen LogP contribution in [0.1, 0.15) is 38.2 Å². The highest BCUT2D eigenvalue weighted by Gasteiger charge is 2.53. The van der Waals surface area contributed by atoms with E-state index < -0.39 is 0 Å². The molecule has 0 heterocycles. The van der Waals surface area contributed by atoms with Crippen molar-refractivity contribution < 1.29 is 0 Å². The molecule has 0 bridgehead atoms. The third-order valence-corrected chi connectivity index (χ3v) is 4.55. The Morgan fingerprint density at radius 2 is 1.90 bits per heavy atom. The van der Waals surface area contributed by atoms with E-state index in [-0.39, 0.29) is 24.0 Å². The number of halogens is 1. The highest BCUT2D eigenvalue weighted by atomic mass is 127. The molecule has 2 fully saturated rings. The van der Waals surface area contributed by atoms with Gasteiger partial charge in [-0.25, -0.2) is 4.99 Å². The highest BCUT2D eigenvalue weighted by molar-refractivity contribution is 14.0. The van der Waals surface area contributed by atoms with Crippen molar-refractivity contribution >= 4 is 29.9 Å². The largest absolute Gasteiger partial charge is 0.357 e. The second-order valence-corrected chi connectivity index (χ2v) is 6.17. The number of hydrogen-bond acceptors (Lipinski definition) is 1. The second-order valence-electron chi connectivity index (χ2n) is 6.17. The molecule has 1 aromatic carbocycles. The minimum absolute atomic E-state index is 0. The van der Waals surface area contributed by atoms with Crippen LogP contribution in [0.5, 0.6) is 0 Å². The van der Waals surface area contributed by atoms with E-state index >= 15 is 0 Å². The monoisotopic (exact) mass is 399 g/mol. The molecule has 21 heavy (non-hydrogen) atoms. The van der Waals surface area contributed by atoms with Gasteiger partial charge in [-0.15, -0.1) is 24.0 Å². The normalized spacial score (nSPS) is 19.6. The van der Waals surface area contributed by atoms with Crippen LogP contribution in [0, 0.1) is 11.3 Å². The highest BCUT2D eigenvalue weighted by Crippen LogP contribution is 2.60. The molecule has 2 aliphatic rings. The molecule has 2 aliphatic carbocycles. The van der Waals surface area contributed by atoms with Gasteiger partial charge in [0.2, 0.25) is 0 Å². The molecule has 116 valence electrons. The van der Waals surface area contributed by atoms with Gasteiger partial charge < -0.3 is 10.6 Å². The van der Waals surface area contributed by atoms with Crippen LogP contribution < -0.4 is 10.6 Å². The van der Waals surface area contributed by atoms with E-state index in [1.165, 1.54) is 31.2 Å². The Morgan fingerprint density at radius 3 is 2.48 bits per heavy atom. The predicted octanol–water partition coefficient (Wildman–Crippen LogP) is 3.55. The first kappa shape index (κ1) is 16.6. The van der Waals surface area contributed by atoms with Crippen molar-refractivity contribution in [2.45, 2.75) is 39.2 Å². The summed E-state index contributed by atoms with van der Waals surface area (Å²) in [4.78, 5) is 4.69. The van der Waals surface area contributed by atoms with E-state index in [1.54, 1.807) is 0 Å². The van der Waals surface area contributed by atoms with Crippen LogP contribution in [0.2, 0.25) is 0 Å². The Kier molecular flexibility index (Phi) is 5.90. The molecule has 0 spiro atoms. The van der Waals surface area contributed by atoms with Gasteiger partial charge in [-0.3, -0.25) is 0 Å². The van der Waals surface area contributed by atoms with Crippen LogP contribution in [-0.2, 0) is 6.54 Å². The van der Waals surface area contributed by atoms with Crippen molar-refractivity contribution in [3.8, 4) is 0 Å². The average Bonchev–Trinajstić information content (AvgIpc) is 3.36. The predicted molar refractivity (Wildman–Crippen MR) is 99.1 cm³/mol. The van der Waals surface area contributed by atoms with E-state index in [0.717, 1.165) is 31.5 Å². The molecule has 3 nitrogen and oxygen atoms in total. The zero-order chi connectivity index (χ0) is 13.8. The van der Waals surface area contributed by atoms with E-state index in [0.29, 0.717) is 5.41 Å². The lowest BCUT2D eigenvalue weighted by molar-refractivity contribution is 0.431. The Hall–Kier alpha value is -0.780. The quantitative estimate of drug-likeness (QED) is 0.436. The molecular weight excluding hydrogens is 373 g/mol. The fourth-order valence-corrected chi connectivity index (χ4v) is 2.94. The minimum Gasteiger partial charge on any atom is -0.357 e. The van der Waals surface area contributed by atoms with Crippen molar-refractivity contribution in [2.75, 3.05) is 13.1 Å². The number of guanidine groups is 1. The smallest absolute Gasteiger partial charge is 0.191 e. The standard InChI is InChI=1S/C17H25N3.HI/c1-2-18-16(19-12-14-6-4-3-5-7-14)20-13-17(10-11-17)15-8-9-15;/h3-7,15H,2,8-13H2,1H3,(H2,18,19,20);1H. The van der Waals surface area contributed by atoms with Crippen molar-refractivity contribution in [3.05, 3.63) is 35.9 Å². The maximum absolute atomic E-state index is 4.69. The van der Waals surface area contributed by atoms with Gasteiger partial charge in [0.15, 0.2) is 5.96 Å². The first-order valence-corrected chi connectivity index (χ1v) is 7.88. The van der Waals surface area contributed by atoms with Gasteiger partial charge in [0, 0.05) is 13.1 Å². The van der Waals surface area contributed by atoms with E-state index in [9.17, 15) is 0 Å².